The molecule has 1 aromatic heterocycles. The van der Waals surface area contributed by atoms with Gasteiger partial charge in [0, 0.05) is 95.4 Å². The van der Waals surface area contributed by atoms with Crippen LogP contribution in [0, 0.1) is 29.6 Å². The summed E-state index contributed by atoms with van der Waals surface area (Å²) in [6, 6.07) is 6.00. The minimum atomic E-state index is -1.05. The molecule has 0 saturated carbocycles. The summed E-state index contributed by atoms with van der Waals surface area (Å²) >= 11 is 0. The Morgan fingerprint density at radius 2 is 1.57 bits per heavy atom. The number of nitrogens with one attached hydrogen (secondary N) is 1. The fourth-order valence-corrected chi connectivity index (χ4v) is 11.4. The number of ketones is 2. The maximum Gasteiger partial charge on any atom is 0.333 e. The van der Waals surface area contributed by atoms with Crippen molar-refractivity contribution in [2.45, 2.75) is 174 Å². The lowest BCUT2D eigenvalue weighted by molar-refractivity contribution is -0.201. The van der Waals surface area contributed by atoms with E-state index in [0.717, 1.165) is 29.3 Å². The highest BCUT2D eigenvalue weighted by atomic mass is 16.7. The van der Waals surface area contributed by atoms with E-state index in [1.54, 1.807) is 42.8 Å². The number of likely N-dealkylation sites (tertiary alicyclic amines) is 1. The molecule has 3 aliphatic heterocycles. The van der Waals surface area contributed by atoms with Gasteiger partial charge in [-0.15, -0.1) is 5.06 Å². The molecule has 19 nitrogen and oxygen atoms in total. The average molecular weight is 1050 g/mol. The Balaban J connectivity index is 1.22. The molecular formula is C56H86N6O13. The summed E-state index contributed by atoms with van der Waals surface area (Å²) in [6.45, 7) is 12.9. The van der Waals surface area contributed by atoms with Gasteiger partial charge in [-0.25, -0.2) is 9.86 Å². The van der Waals surface area contributed by atoms with E-state index in [2.05, 4.69) is 4.98 Å². The van der Waals surface area contributed by atoms with Crippen LogP contribution in [0.25, 0.3) is 10.9 Å². The number of rotatable bonds is 30. The molecule has 19 heteroatoms. The number of carbonyl (C=O) groups is 8. The van der Waals surface area contributed by atoms with E-state index < -0.39 is 72.0 Å². The lowest BCUT2D eigenvalue weighted by Crippen LogP contribution is -2.54. The number of aromatic nitrogens is 1. The number of hydrogen-bond donors (Lipinski definition) is 2. The number of nitrogens with zero attached hydrogens (tertiary/aromatic N) is 5. The van der Waals surface area contributed by atoms with Crippen LogP contribution in [0.4, 0.5) is 0 Å². The zero-order valence-corrected chi connectivity index (χ0v) is 46.3. The maximum absolute atomic E-state index is 14.7. The Morgan fingerprint density at radius 1 is 0.867 bits per heavy atom. The number of benzene rings is 1. The van der Waals surface area contributed by atoms with Gasteiger partial charge in [0.1, 0.15) is 5.78 Å². The van der Waals surface area contributed by atoms with E-state index >= 15 is 0 Å². The third-order valence-electron chi connectivity index (χ3n) is 15.9. The van der Waals surface area contributed by atoms with E-state index in [-0.39, 0.29) is 79.6 Å². The lowest BCUT2D eigenvalue weighted by Gasteiger charge is -2.41. The molecule has 3 saturated heterocycles. The van der Waals surface area contributed by atoms with Gasteiger partial charge < -0.3 is 34.2 Å². The number of ether oxygens (including phenoxy) is 2. The molecule has 0 bridgehead atoms. The number of imide groups is 1. The largest absolute Gasteiger partial charge is 0.391 e. The highest BCUT2D eigenvalue weighted by Gasteiger charge is 2.44. The second-order valence-corrected chi connectivity index (χ2v) is 21.5. The molecule has 4 heterocycles. The highest BCUT2D eigenvalue weighted by molar-refractivity contribution is 6.01. The second kappa shape index (κ2) is 28.9. The number of likely N-dealkylation sites (N-methyl/N-ethyl adjacent to an activating group) is 2. The number of aliphatic hydroxyl groups is 1. The first-order valence-electron chi connectivity index (χ1n) is 27.4. The zero-order chi connectivity index (χ0) is 55.1. The fourth-order valence-electron chi connectivity index (χ4n) is 11.4. The van der Waals surface area contributed by atoms with Crippen LogP contribution < -0.4 is 0 Å². The number of aliphatic hydroxyl groups excluding tert-OH is 1. The molecule has 5 amide bonds. The number of hydrogen-bond acceptors (Lipinski definition) is 14. The molecule has 1 unspecified atom stereocenters. The number of fused-ring (bicyclic) bond motifs is 1. The average Bonchev–Trinajstić information content (AvgIpc) is 4.13. The van der Waals surface area contributed by atoms with Crippen molar-refractivity contribution in [3.8, 4) is 0 Å². The Bertz CT molecular complexity index is 2250. The molecule has 2 aromatic rings. The summed E-state index contributed by atoms with van der Waals surface area (Å²) in [5.74, 6) is -5.31. The Hall–Kier alpha value is -5.08. The Labute approximate surface area is 443 Å². The molecule has 5 rings (SSSR count). The van der Waals surface area contributed by atoms with Gasteiger partial charge in [0.25, 0.3) is 11.8 Å². The van der Waals surface area contributed by atoms with Gasteiger partial charge in [-0.1, -0.05) is 65.7 Å². The van der Waals surface area contributed by atoms with Gasteiger partial charge >= 0.3 is 5.97 Å². The minimum Gasteiger partial charge on any atom is -0.391 e. The molecule has 3 aliphatic rings. The molecule has 1 aromatic carbocycles. The fraction of sp³-hybridized carbons (Fsp3) is 0.714. The normalized spacial score (nSPS) is 20.0. The van der Waals surface area contributed by atoms with Gasteiger partial charge in [-0.05, 0) is 88.9 Å². The predicted octanol–water partition coefficient (Wildman–Crippen LogP) is 5.84. The highest BCUT2D eigenvalue weighted by Crippen LogP contribution is 2.33. The van der Waals surface area contributed by atoms with E-state index in [9.17, 15) is 43.5 Å². The number of methoxy groups -OCH3 is 2. The van der Waals surface area contributed by atoms with Crippen molar-refractivity contribution in [2.24, 2.45) is 29.6 Å². The van der Waals surface area contributed by atoms with Crippen LogP contribution in [-0.2, 0) is 63.9 Å². The van der Waals surface area contributed by atoms with Crippen LogP contribution in [0.5, 0.6) is 0 Å². The summed E-state index contributed by atoms with van der Waals surface area (Å²) in [6.07, 6.45) is 4.91. The number of Topliss-reactive ketones (excluding diaryl/α,β-unsaturated/α-hetero) is 2. The van der Waals surface area contributed by atoms with Crippen molar-refractivity contribution in [1.82, 2.24) is 29.8 Å². The summed E-state index contributed by atoms with van der Waals surface area (Å²) in [5.41, 5.74) is 1.89. The van der Waals surface area contributed by atoms with E-state index in [1.165, 1.54) is 12.2 Å². The van der Waals surface area contributed by atoms with Crippen molar-refractivity contribution in [3.63, 3.8) is 0 Å². The van der Waals surface area contributed by atoms with E-state index in [0.29, 0.717) is 76.3 Å². The first-order chi connectivity index (χ1) is 35.7. The Morgan fingerprint density at radius 3 is 2.20 bits per heavy atom. The number of aromatic amines is 1. The predicted molar refractivity (Wildman–Crippen MR) is 280 cm³/mol. The first kappa shape index (κ1) is 60.8. The number of hydroxylamine groups is 4. The van der Waals surface area contributed by atoms with Crippen molar-refractivity contribution in [2.75, 3.05) is 54.6 Å². The second-order valence-electron chi connectivity index (χ2n) is 21.5. The molecular weight excluding hydrogens is 965 g/mol. The van der Waals surface area contributed by atoms with E-state index in [1.807, 2.05) is 65.1 Å². The van der Waals surface area contributed by atoms with Gasteiger partial charge in [-0.2, -0.15) is 0 Å². The molecule has 10 atom stereocenters. The van der Waals surface area contributed by atoms with Gasteiger partial charge in [-0.3, -0.25) is 43.3 Å². The first-order valence-corrected chi connectivity index (χ1v) is 27.4. The topological polar surface area (TPSA) is 226 Å². The number of amides is 5. The summed E-state index contributed by atoms with van der Waals surface area (Å²) in [4.78, 5) is 127. The third-order valence-corrected chi connectivity index (χ3v) is 15.9. The van der Waals surface area contributed by atoms with Crippen LogP contribution in [0.15, 0.2) is 30.5 Å². The quantitative estimate of drug-likeness (QED) is 0.0693. The summed E-state index contributed by atoms with van der Waals surface area (Å²) < 4.78 is 12.2. The number of H-pyrrole nitrogens is 1. The van der Waals surface area contributed by atoms with Crippen LogP contribution >= 0.6 is 0 Å². The molecule has 75 heavy (non-hydrogen) atoms. The van der Waals surface area contributed by atoms with Gasteiger partial charge in [0.15, 0.2) is 5.78 Å². The number of unbranched alkanes of at least 4 members (excludes halogenated alkanes) is 2. The Kier molecular flexibility index (Phi) is 23.4. The number of para-hydroxylation sites is 1. The molecule has 3 fully saturated rings. The van der Waals surface area contributed by atoms with Crippen molar-refractivity contribution < 1.29 is 62.6 Å². The summed E-state index contributed by atoms with van der Waals surface area (Å²) in [5, 5.41) is 13.8. The van der Waals surface area contributed by atoms with Crippen molar-refractivity contribution in [1.29, 1.82) is 0 Å². The molecule has 2 N–H and O–H groups in total. The third kappa shape index (κ3) is 15.8. The standard InChI is InChI=1S/C56H86N6O13/c1-11-36(4)52(59(8)56(71)42(35(2)3)32-46(65)53(38(6)63)58(7)26-16-12-13-23-51(69)75-62-48(66)24-25-49(62)67)47(72-9)33-50(68)60-27-19-22-44(60)54(73-10)37(5)45(64)31-39(55(70)61-28-17-18-29-74-61)30-40-34-57-43-21-15-14-20-41(40)43/h14-15,20-21,34-39,42,44,47,52-54,57,63H,11-13,16-19,22-33H2,1-10H3/t36-,37-,38?,39+,42-,44-,47+,52-,53-,54+/m0/s1. The van der Waals surface area contributed by atoms with Crippen molar-refractivity contribution in [3.05, 3.63) is 36.0 Å². The van der Waals surface area contributed by atoms with E-state index in [4.69, 9.17) is 19.1 Å². The van der Waals surface area contributed by atoms with Gasteiger partial charge in [0.05, 0.1) is 55.4 Å². The molecule has 0 spiro atoms. The lowest BCUT2D eigenvalue weighted by atomic mass is 9.84. The van der Waals surface area contributed by atoms with Crippen LogP contribution in [0.2, 0.25) is 0 Å². The number of carbonyl (C=O) groups excluding carboxylic acids is 8. The minimum absolute atomic E-state index is 0.00534. The maximum atomic E-state index is 14.7. The van der Waals surface area contributed by atoms with Crippen LogP contribution in [0.3, 0.4) is 0 Å². The van der Waals surface area contributed by atoms with Crippen LogP contribution in [-0.4, -0.2) is 173 Å². The molecule has 0 radical (unpaired) electrons. The SMILES string of the molecule is CC[C@H](C)[C@@H]([C@@H](CC(=O)N1CCC[C@H]1[C@H](OC)[C@@H](C)C(=O)C[C@@H](Cc1c[nH]c2ccccc12)C(=O)N1CCCCO1)OC)N(C)C(=O)[C@@H](CC(=O)[C@H](C(C)O)N(C)CCCCCC(=O)ON1C(=O)CCC1=O)C(C)C. The monoisotopic (exact) mass is 1050 g/mol. The smallest absolute Gasteiger partial charge is 0.333 e. The molecule has 0 aliphatic carbocycles. The molecule has 418 valence electrons. The summed E-state index contributed by atoms with van der Waals surface area (Å²) in [7, 11) is 6.52. The van der Waals surface area contributed by atoms with Crippen LogP contribution in [0.1, 0.15) is 137 Å². The van der Waals surface area contributed by atoms with Crippen molar-refractivity contribution >= 4 is 58.0 Å². The zero-order valence-electron chi connectivity index (χ0n) is 46.3. The van der Waals surface area contributed by atoms with Gasteiger partial charge in [0.2, 0.25) is 17.7 Å².